The van der Waals surface area contributed by atoms with Crippen molar-refractivity contribution >= 4 is 11.6 Å². The first-order valence-corrected chi connectivity index (χ1v) is 6.69. The van der Waals surface area contributed by atoms with Gasteiger partial charge in [-0.25, -0.2) is 0 Å². The fraction of sp³-hybridized carbons (Fsp3) is 0.312. The maximum absolute atomic E-state index is 12.1. The standard InChI is InChI=1S/C16H19N3O/c1-10(2)14-5-6-15(19-18-14)16(20)17-13-8-11(3)7-12(4)9-13/h5-10H,1-4H3,(H,17,20). The Hall–Kier alpha value is -2.23. The zero-order valence-corrected chi connectivity index (χ0v) is 12.3. The average molecular weight is 269 g/mol. The Bertz CT molecular complexity index is 598. The highest BCUT2D eigenvalue weighted by molar-refractivity contribution is 6.02. The topological polar surface area (TPSA) is 54.9 Å². The fourth-order valence-corrected chi connectivity index (χ4v) is 2.01. The van der Waals surface area contributed by atoms with Crippen LogP contribution < -0.4 is 5.32 Å². The molecule has 104 valence electrons. The highest BCUT2D eigenvalue weighted by Gasteiger charge is 2.10. The first-order chi connectivity index (χ1) is 9.45. The van der Waals surface area contributed by atoms with Gasteiger partial charge in [0.15, 0.2) is 5.69 Å². The molecule has 1 amide bonds. The van der Waals surface area contributed by atoms with E-state index in [-0.39, 0.29) is 5.91 Å². The zero-order chi connectivity index (χ0) is 14.7. The van der Waals surface area contributed by atoms with Crippen LogP contribution in [-0.2, 0) is 0 Å². The van der Waals surface area contributed by atoms with Gasteiger partial charge in [0.2, 0.25) is 0 Å². The largest absolute Gasteiger partial charge is 0.321 e. The van der Waals surface area contributed by atoms with Gasteiger partial charge in [-0.05, 0) is 55.2 Å². The molecule has 1 heterocycles. The van der Waals surface area contributed by atoms with Crippen molar-refractivity contribution in [1.29, 1.82) is 0 Å². The minimum Gasteiger partial charge on any atom is -0.321 e. The van der Waals surface area contributed by atoms with Crippen molar-refractivity contribution in [2.75, 3.05) is 5.32 Å². The average Bonchev–Trinajstić information content (AvgIpc) is 2.37. The lowest BCUT2D eigenvalue weighted by molar-refractivity contribution is 0.102. The molecule has 4 heteroatoms. The van der Waals surface area contributed by atoms with E-state index in [0.717, 1.165) is 22.5 Å². The summed E-state index contributed by atoms with van der Waals surface area (Å²) in [6.45, 7) is 8.08. The summed E-state index contributed by atoms with van der Waals surface area (Å²) in [5.41, 5.74) is 4.21. The molecule has 0 saturated heterocycles. The number of nitrogens with zero attached hydrogens (tertiary/aromatic N) is 2. The molecule has 0 spiro atoms. The summed E-state index contributed by atoms with van der Waals surface area (Å²) in [4.78, 5) is 12.1. The molecule has 0 atom stereocenters. The van der Waals surface area contributed by atoms with Gasteiger partial charge in [0.25, 0.3) is 5.91 Å². The quantitative estimate of drug-likeness (QED) is 0.928. The number of carbonyl (C=O) groups excluding carboxylic acids is 1. The van der Waals surface area contributed by atoms with E-state index in [1.807, 2.05) is 45.9 Å². The molecule has 0 fully saturated rings. The Morgan fingerprint density at radius 3 is 2.20 bits per heavy atom. The zero-order valence-electron chi connectivity index (χ0n) is 12.3. The SMILES string of the molecule is Cc1cc(C)cc(NC(=O)c2ccc(C(C)C)nn2)c1. The molecular formula is C16H19N3O. The predicted octanol–water partition coefficient (Wildman–Crippen LogP) is 3.47. The predicted molar refractivity (Wildman–Crippen MR) is 80.0 cm³/mol. The molecule has 20 heavy (non-hydrogen) atoms. The maximum Gasteiger partial charge on any atom is 0.276 e. The highest BCUT2D eigenvalue weighted by Crippen LogP contribution is 2.15. The van der Waals surface area contributed by atoms with E-state index in [2.05, 4.69) is 21.6 Å². The molecule has 0 aliphatic rings. The number of hydrogen-bond acceptors (Lipinski definition) is 3. The monoisotopic (exact) mass is 269 g/mol. The fourth-order valence-electron chi connectivity index (χ4n) is 2.01. The second kappa shape index (κ2) is 5.82. The molecule has 0 saturated carbocycles. The number of aromatic nitrogens is 2. The maximum atomic E-state index is 12.1. The van der Waals surface area contributed by atoms with E-state index in [1.54, 1.807) is 6.07 Å². The van der Waals surface area contributed by atoms with Crippen molar-refractivity contribution in [3.63, 3.8) is 0 Å². The molecule has 0 bridgehead atoms. The van der Waals surface area contributed by atoms with Crippen LogP contribution in [0.15, 0.2) is 30.3 Å². The molecule has 2 rings (SSSR count). The molecule has 0 unspecified atom stereocenters. The van der Waals surface area contributed by atoms with Crippen molar-refractivity contribution < 1.29 is 4.79 Å². The number of carbonyl (C=O) groups is 1. The van der Waals surface area contributed by atoms with Crippen LogP contribution in [0.5, 0.6) is 0 Å². The van der Waals surface area contributed by atoms with Gasteiger partial charge in [-0.15, -0.1) is 5.10 Å². The third-order valence-electron chi connectivity index (χ3n) is 2.99. The summed E-state index contributed by atoms with van der Waals surface area (Å²) < 4.78 is 0. The van der Waals surface area contributed by atoms with Crippen LogP contribution in [0.4, 0.5) is 5.69 Å². The van der Waals surface area contributed by atoms with Crippen LogP contribution in [0, 0.1) is 13.8 Å². The lowest BCUT2D eigenvalue weighted by Crippen LogP contribution is -2.15. The Morgan fingerprint density at radius 2 is 1.70 bits per heavy atom. The molecule has 4 nitrogen and oxygen atoms in total. The number of anilines is 1. The van der Waals surface area contributed by atoms with Gasteiger partial charge in [-0.2, -0.15) is 5.10 Å². The van der Waals surface area contributed by atoms with Crippen LogP contribution in [0.1, 0.15) is 47.1 Å². The number of aryl methyl sites for hydroxylation is 2. The van der Waals surface area contributed by atoms with Gasteiger partial charge in [0.1, 0.15) is 0 Å². The van der Waals surface area contributed by atoms with Gasteiger partial charge in [-0.3, -0.25) is 4.79 Å². The normalized spacial score (nSPS) is 10.7. The third kappa shape index (κ3) is 3.41. The number of amides is 1. The van der Waals surface area contributed by atoms with E-state index in [9.17, 15) is 4.79 Å². The van der Waals surface area contributed by atoms with Crippen LogP contribution in [0.25, 0.3) is 0 Å². The molecule has 0 aliphatic heterocycles. The first-order valence-electron chi connectivity index (χ1n) is 6.69. The van der Waals surface area contributed by atoms with Gasteiger partial charge >= 0.3 is 0 Å². The lowest BCUT2D eigenvalue weighted by Gasteiger charge is -2.08. The van der Waals surface area contributed by atoms with Gasteiger partial charge in [0.05, 0.1) is 5.69 Å². The minimum atomic E-state index is -0.238. The summed E-state index contributed by atoms with van der Waals surface area (Å²) >= 11 is 0. The molecule has 1 aromatic heterocycles. The van der Waals surface area contributed by atoms with Crippen LogP contribution in [0.3, 0.4) is 0 Å². The van der Waals surface area contributed by atoms with Crippen molar-refractivity contribution in [1.82, 2.24) is 10.2 Å². The lowest BCUT2D eigenvalue weighted by atomic mass is 10.1. The minimum absolute atomic E-state index is 0.238. The van der Waals surface area contributed by atoms with Crippen LogP contribution >= 0.6 is 0 Å². The van der Waals surface area contributed by atoms with Crippen LogP contribution in [0.2, 0.25) is 0 Å². The number of hydrogen-bond donors (Lipinski definition) is 1. The van der Waals surface area contributed by atoms with Crippen molar-refractivity contribution in [3.05, 3.63) is 52.8 Å². The molecule has 0 aliphatic carbocycles. The summed E-state index contributed by atoms with van der Waals surface area (Å²) in [6, 6.07) is 9.48. The Labute approximate surface area is 119 Å². The molecule has 1 aromatic carbocycles. The molecule has 0 radical (unpaired) electrons. The number of benzene rings is 1. The van der Waals surface area contributed by atoms with Gasteiger partial charge in [-0.1, -0.05) is 19.9 Å². The number of rotatable bonds is 3. The van der Waals surface area contributed by atoms with E-state index < -0.39 is 0 Å². The highest BCUT2D eigenvalue weighted by atomic mass is 16.1. The van der Waals surface area contributed by atoms with Crippen molar-refractivity contribution in [2.24, 2.45) is 0 Å². The van der Waals surface area contributed by atoms with E-state index in [4.69, 9.17) is 0 Å². The Balaban J connectivity index is 2.15. The second-order valence-electron chi connectivity index (χ2n) is 5.33. The molecule has 2 aromatic rings. The van der Waals surface area contributed by atoms with Crippen molar-refractivity contribution in [2.45, 2.75) is 33.6 Å². The molecule has 1 N–H and O–H groups in total. The van der Waals surface area contributed by atoms with Crippen LogP contribution in [-0.4, -0.2) is 16.1 Å². The molecular weight excluding hydrogens is 250 g/mol. The van der Waals surface area contributed by atoms with Crippen molar-refractivity contribution in [3.8, 4) is 0 Å². The second-order valence-corrected chi connectivity index (χ2v) is 5.33. The number of nitrogens with one attached hydrogen (secondary N) is 1. The van der Waals surface area contributed by atoms with E-state index in [1.165, 1.54) is 0 Å². The van der Waals surface area contributed by atoms with Gasteiger partial charge in [0, 0.05) is 5.69 Å². The summed E-state index contributed by atoms with van der Waals surface area (Å²) in [6.07, 6.45) is 0. The summed E-state index contributed by atoms with van der Waals surface area (Å²) in [7, 11) is 0. The Morgan fingerprint density at radius 1 is 1.05 bits per heavy atom. The smallest absolute Gasteiger partial charge is 0.276 e. The summed E-state index contributed by atoms with van der Waals surface area (Å²) in [5.74, 6) is 0.0665. The van der Waals surface area contributed by atoms with Gasteiger partial charge < -0.3 is 5.32 Å². The first kappa shape index (κ1) is 14.2. The van der Waals surface area contributed by atoms with E-state index >= 15 is 0 Å². The third-order valence-corrected chi connectivity index (χ3v) is 2.99. The Kier molecular flexibility index (Phi) is 4.13. The van der Waals surface area contributed by atoms with E-state index in [0.29, 0.717) is 11.6 Å². The summed E-state index contributed by atoms with van der Waals surface area (Å²) in [5, 5.41) is 10.9.